The van der Waals surface area contributed by atoms with E-state index in [0.29, 0.717) is 0 Å². The number of hydrogen-bond acceptors (Lipinski definition) is 3. The van der Waals surface area contributed by atoms with Crippen molar-refractivity contribution in [2.75, 3.05) is 0 Å². The molecular weight excluding hydrogens is 170 g/mol. The van der Waals surface area contributed by atoms with Gasteiger partial charge in [0.2, 0.25) is 0 Å². The molecule has 41 valence electrons. The summed E-state index contributed by atoms with van der Waals surface area (Å²) in [5.41, 5.74) is 0. The SMILES string of the molecule is O=[S](=O)([Ni])OP. The molecule has 0 radical (unpaired) electrons. The molecule has 0 saturated heterocycles. The normalized spacial score (nSPS) is 11.8. The van der Waals surface area contributed by atoms with E-state index in [4.69, 9.17) is 0 Å². The van der Waals surface area contributed by atoms with E-state index >= 15 is 0 Å². The first-order valence-electron chi connectivity index (χ1n) is 0.865. The third-order valence-corrected chi connectivity index (χ3v) is 1.84. The van der Waals surface area contributed by atoms with Gasteiger partial charge in [0.05, 0.1) is 0 Å². The first-order valence-corrected chi connectivity index (χ1v) is 3.80. The fourth-order valence-corrected chi connectivity index (χ4v) is 0. The Kier molecular flexibility index (Phi) is 2.53. The summed E-state index contributed by atoms with van der Waals surface area (Å²) in [5.74, 6) is 0. The Balaban J connectivity index is 3.85. The number of rotatable bonds is 1. The molecule has 1 atom stereocenters. The van der Waals surface area contributed by atoms with E-state index < -0.39 is 8.64 Å². The van der Waals surface area contributed by atoms with Gasteiger partial charge >= 0.3 is 44.9 Å². The number of hydrogen-bond donors (Lipinski definition) is 0. The van der Waals surface area contributed by atoms with E-state index in [0.717, 1.165) is 0 Å². The molecule has 6 heavy (non-hydrogen) atoms. The van der Waals surface area contributed by atoms with E-state index in [1.165, 1.54) is 0 Å². The Morgan fingerprint density at radius 2 is 1.83 bits per heavy atom. The average Bonchev–Trinajstić information content (AvgIpc) is 1.35. The van der Waals surface area contributed by atoms with Gasteiger partial charge in [-0.05, 0) is 0 Å². The summed E-state index contributed by atoms with van der Waals surface area (Å²) in [6, 6.07) is 0. The zero-order chi connectivity index (χ0) is 5.21. The molecule has 0 aliphatic carbocycles. The minimum absolute atomic E-state index is 1.54. The quantitative estimate of drug-likeness (QED) is 0.398. The van der Waals surface area contributed by atoms with E-state index in [-0.39, 0.29) is 0 Å². The molecule has 0 bridgehead atoms. The van der Waals surface area contributed by atoms with Crippen LogP contribution in [0.2, 0.25) is 0 Å². The fraction of sp³-hybridized carbons (Fsp3) is 0. The van der Waals surface area contributed by atoms with Crippen LogP contribution < -0.4 is 0 Å². The van der Waals surface area contributed by atoms with Crippen LogP contribution in [0.1, 0.15) is 0 Å². The molecule has 0 rings (SSSR count). The summed E-state index contributed by atoms with van der Waals surface area (Å²) >= 11 is 3.44. The van der Waals surface area contributed by atoms with Gasteiger partial charge in [-0.2, -0.15) is 0 Å². The molecule has 0 spiro atoms. The van der Waals surface area contributed by atoms with Crippen molar-refractivity contribution in [3.05, 3.63) is 0 Å². The molecule has 0 aliphatic rings. The molecular formula is H2NiO3PS. The monoisotopic (exact) mass is 171 g/mol. The van der Waals surface area contributed by atoms with Gasteiger partial charge in [-0.15, -0.1) is 0 Å². The van der Waals surface area contributed by atoms with Crippen molar-refractivity contribution in [3.8, 4) is 0 Å². The van der Waals surface area contributed by atoms with Crippen LogP contribution in [0.5, 0.6) is 0 Å². The van der Waals surface area contributed by atoms with Gasteiger partial charge in [-0.1, -0.05) is 0 Å². The average molecular weight is 172 g/mol. The van der Waals surface area contributed by atoms with Gasteiger partial charge < -0.3 is 0 Å². The van der Waals surface area contributed by atoms with Crippen LogP contribution >= 0.6 is 9.47 Å². The fourth-order valence-electron chi connectivity index (χ4n) is 0. The van der Waals surface area contributed by atoms with Gasteiger partial charge in [-0.3, -0.25) is 0 Å². The molecule has 0 aromatic rings. The Morgan fingerprint density at radius 1 is 1.67 bits per heavy atom. The topological polar surface area (TPSA) is 43.4 Å². The van der Waals surface area contributed by atoms with Gasteiger partial charge in [0.15, 0.2) is 0 Å². The molecule has 0 aliphatic heterocycles. The maximum absolute atomic E-state index is 9.59. The summed E-state index contributed by atoms with van der Waals surface area (Å²) in [5, 5.41) is 0. The van der Waals surface area contributed by atoms with E-state index in [1.54, 1.807) is 9.47 Å². The predicted molar refractivity (Wildman–Crippen MR) is 19.7 cm³/mol. The molecule has 0 aromatic carbocycles. The predicted octanol–water partition coefficient (Wildman–Crippen LogP) is -0.415. The van der Waals surface area contributed by atoms with Gasteiger partial charge in [0, 0.05) is 0 Å². The third kappa shape index (κ3) is 4.83. The molecule has 0 fully saturated rings. The van der Waals surface area contributed by atoms with Crippen molar-refractivity contribution in [2.24, 2.45) is 0 Å². The summed E-state index contributed by atoms with van der Waals surface area (Å²) in [6.45, 7) is 0. The van der Waals surface area contributed by atoms with Crippen molar-refractivity contribution < 1.29 is 26.8 Å². The van der Waals surface area contributed by atoms with Crippen LogP contribution in [0.4, 0.5) is 0 Å². The first kappa shape index (κ1) is 6.83. The summed E-state index contributed by atoms with van der Waals surface area (Å²) < 4.78 is 22.8. The van der Waals surface area contributed by atoms with Crippen LogP contribution in [0.3, 0.4) is 0 Å². The maximum atomic E-state index is 9.59. The van der Waals surface area contributed by atoms with Crippen molar-refractivity contribution >= 4 is 18.1 Å². The molecule has 0 heterocycles. The van der Waals surface area contributed by atoms with Crippen LogP contribution in [-0.2, 0) is 27.0 Å². The summed E-state index contributed by atoms with van der Waals surface area (Å²) in [7, 11) is -2.03. The Bertz CT molecular complexity index is 113. The van der Waals surface area contributed by atoms with Gasteiger partial charge in [0.1, 0.15) is 0 Å². The summed E-state index contributed by atoms with van der Waals surface area (Å²) in [4.78, 5) is 0. The zero-order valence-electron chi connectivity index (χ0n) is 2.53. The summed E-state index contributed by atoms with van der Waals surface area (Å²) in [6.07, 6.45) is 0. The van der Waals surface area contributed by atoms with Crippen LogP contribution in [0.15, 0.2) is 0 Å². The van der Waals surface area contributed by atoms with Gasteiger partial charge in [-0.25, -0.2) is 0 Å². The Labute approximate surface area is 45.3 Å². The molecule has 0 aromatic heterocycles. The van der Waals surface area contributed by atoms with Crippen molar-refractivity contribution in [1.82, 2.24) is 0 Å². The second kappa shape index (κ2) is 2.22. The molecule has 0 N–H and O–H groups in total. The van der Waals surface area contributed by atoms with E-state index in [2.05, 4.69) is 18.3 Å². The van der Waals surface area contributed by atoms with E-state index in [1.807, 2.05) is 0 Å². The first-order chi connectivity index (χ1) is 2.56. The molecule has 0 amide bonds. The second-order valence-corrected chi connectivity index (χ2v) is 3.43. The Hall–Kier alpha value is 0.834. The van der Waals surface area contributed by atoms with Crippen molar-refractivity contribution in [2.45, 2.75) is 0 Å². The van der Waals surface area contributed by atoms with E-state index in [9.17, 15) is 8.42 Å². The molecule has 6 heteroatoms. The van der Waals surface area contributed by atoms with Crippen molar-refractivity contribution in [1.29, 1.82) is 0 Å². The third-order valence-electron chi connectivity index (χ3n) is 0.109. The molecule has 1 unspecified atom stereocenters. The standard InChI is InChI=1S/Ni.H2O3PS/c;1-5(2)3-4/h;4H2. The van der Waals surface area contributed by atoms with Crippen LogP contribution in [-0.4, -0.2) is 8.42 Å². The Morgan fingerprint density at radius 3 is 1.83 bits per heavy atom. The second-order valence-electron chi connectivity index (χ2n) is 0.458. The van der Waals surface area contributed by atoms with Crippen molar-refractivity contribution in [3.63, 3.8) is 0 Å². The molecule has 3 nitrogen and oxygen atoms in total. The van der Waals surface area contributed by atoms with Crippen LogP contribution in [0, 0.1) is 0 Å². The minimum atomic E-state index is -3.57. The van der Waals surface area contributed by atoms with Crippen LogP contribution in [0.25, 0.3) is 0 Å². The zero-order valence-corrected chi connectivity index (χ0v) is 5.49. The molecule has 0 saturated carbocycles. The van der Waals surface area contributed by atoms with Gasteiger partial charge in [0.25, 0.3) is 0 Å².